The predicted octanol–water partition coefficient (Wildman–Crippen LogP) is 5.19. The first-order valence-electron chi connectivity index (χ1n) is 13.9. The van der Waals surface area contributed by atoms with Gasteiger partial charge in [-0.15, -0.1) is 0 Å². The zero-order valence-electron chi connectivity index (χ0n) is 22.9. The third kappa shape index (κ3) is 5.13. The lowest BCUT2D eigenvalue weighted by atomic mass is 9.73. The number of hydrogen-bond donors (Lipinski definition) is 1. The summed E-state index contributed by atoms with van der Waals surface area (Å²) in [6, 6.07) is 9.95. The Labute approximate surface area is 224 Å². The first-order chi connectivity index (χ1) is 18.3. The average Bonchev–Trinajstić information content (AvgIpc) is 3.29. The van der Waals surface area contributed by atoms with Crippen LogP contribution in [0, 0.1) is 12.3 Å². The van der Waals surface area contributed by atoms with Crippen LogP contribution in [0.25, 0.3) is 11.1 Å². The number of likely N-dealkylation sites (tertiary alicyclic amines) is 1. The summed E-state index contributed by atoms with van der Waals surface area (Å²) in [4.78, 5) is 33.8. The Morgan fingerprint density at radius 3 is 2.68 bits per heavy atom. The summed E-state index contributed by atoms with van der Waals surface area (Å²) in [6.45, 7) is 9.41. The van der Waals surface area contributed by atoms with E-state index in [1.807, 2.05) is 50.8 Å². The summed E-state index contributed by atoms with van der Waals surface area (Å²) >= 11 is 0. The van der Waals surface area contributed by atoms with Gasteiger partial charge in [0.25, 0.3) is 11.6 Å². The largest absolute Gasteiger partial charge is 0.491 e. The van der Waals surface area contributed by atoms with Crippen molar-refractivity contribution in [3.8, 4) is 5.75 Å². The highest BCUT2D eigenvalue weighted by molar-refractivity contribution is 6.06. The zero-order valence-corrected chi connectivity index (χ0v) is 22.9. The number of piperidine rings is 1. The van der Waals surface area contributed by atoms with Gasteiger partial charge < -0.3 is 19.5 Å². The first-order valence-corrected chi connectivity index (χ1v) is 13.9. The van der Waals surface area contributed by atoms with Crippen molar-refractivity contribution in [3.63, 3.8) is 0 Å². The van der Waals surface area contributed by atoms with Crippen molar-refractivity contribution in [1.29, 1.82) is 0 Å². The maximum atomic E-state index is 13.8. The lowest BCUT2D eigenvalue weighted by molar-refractivity contribution is -0.135. The summed E-state index contributed by atoms with van der Waals surface area (Å²) < 4.78 is 11.5. The van der Waals surface area contributed by atoms with Crippen LogP contribution in [0.4, 0.5) is 0 Å². The van der Waals surface area contributed by atoms with Gasteiger partial charge in [0.1, 0.15) is 12.4 Å². The number of ether oxygens (including phenoxy) is 1. The molecule has 4 heterocycles. The van der Waals surface area contributed by atoms with Gasteiger partial charge in [-0.2, -0.15) is 0 Å². The fourth-order valence-electron chi connectivity index (χ4n) is 5.74. The predicted molar refractivity (Wildman–Crippen MR) is 145 cm³/mol. The number of aromatic nitrogens is 2. The fraction of sp³-hybridized carbons (Fsp3) is 0.533. The van der Waals surface area contributed by atoms with Crippen molar-refractivity contribution in [1.82, 2.24) is 20.4 Å². The van der Waals surface area contributed by atoms with Crippen LogP contribution in [0.3, 0.4) is 0 Å². The number of nitrogens with zero attached hydrogens (tertiary/aromatic N) is 3. The number of nitrogens with one attached hydrogen (secondary N) is 1. The van der Waals surface area contributed by atoms with E-state index in [9.17, 15) is 9.59 Å². The standard InChI is InChI=1S/C30H38N4O4/c1-19(2)24-17-23(26-21(4)33-38-27(26)32-24)28(35)34-15-13-30(14-16-34)12-8-7-10-22-9-5-6-11-25(22)37-18-20(3)31-29(30)36/h5-6,9,11,17,19-20H,7-8,10,12-16,18H2,1-4H3,(H,31,36)/t20-/m1/s1. The van der Waals surface area contributed by atoms with E-state index >= 15 is 0 Å². The molecule has 3 aromatic rings. The number of amides is 2. The van der Waals surface area contributed by atoms with Crippen LogP contribution in [-0.4, -0.2) is 52.6 Å². The molecule has 0 radical (unpaired) electrons. The molecule has 1 atom stereocenters. The van der Waals surface area contributed by atoms with Crippen LogP contribution in [0.1, 0.15) is 86.1 Å². The van der Waals surface area contributed by atoms with Gasteiger partial charge >= 0.3 is 0 Å². The number of pyridine rings is 1. The van der Waals surface area contributed by atoms with Crippen molar-refractivity contribution >= 4 is 22.9 Å². The van der Waals surface area contributed by atoms with Gasteiger partial charge in [0.2, 0.25) is 5.91 Å². The topological polar surface area (TPSA) is 97.6 Å². The Bertz CT molecular complexity index is 1320. The van der Waals surface area contributed by atoms with E-state index in [0.717, 1.165) is 37.1 Å². The number of aryl methyl sites for hydroxylation is 2. The van der Waals surface area contributed by atoms with Crippen LogP contribution in [0.2, 0.25) is 0 Å². The van der Waals surface area contributed by atoms with E-state index in [0.29, 0.717) is 54.9 Å². The SMILES string of the molecule is Cc1noc2nc(C(C)C)cc(C(=O)N3CCC4(CCCCc5ccccc5OC[C@@H](C)NC4=O)CC3)c12. The number of rotatable bonds is 2. The minimum Gasteiger partial charge on any atom is -0.491 e. The zero-order chi connectivity index (χ0) is 26.9. The van der Waals surface area contributed by atoms with Gasteiger partial charge in [-0.05, 0) is 69.6 Å². The quantitative estimate of drug-likeness (QED) is 0.502. The second-order valence-electron chi connectivity index (χ2n) is 11.3. The van der Waals surface area contributed by atoms with Gasteiger partial charge in [0.05, 0.1) is 28.1 Å². The smallest absolute Gasteiger partial charge is 0.259 e. The Morgan fingerprint density at radius 2 is 1.92 bits per heavy atom. The number of para-hydroxylation sites is 1. The molecule has 1 saturated heterocycles. The minimum atomic E-state index is -0.479. The van der Waals surface area contributed by atoms with Gasteiger partial charge in [-0.25, -0.2) is 4.98 Å². The number of carbonyl (C=O) groups is 2. The lowest BCUT2D eigenvalue weighted by Gasteiger charge is -2.41. The van der Waals surface area contributed by atoms with E-state index in [1.165, 1.54) is 5.56 Å². The number of fused-ring (bicyclic) bond motifs is 2. The average molecular weight is 519 g/mol. The first kappa shape index (κ1) is 26.2. The van der Waals surface area contributed by atoms with Gasteiger partial charge in [-0.1, -0.05) is 43.6 Å². The number of carbonyl (C=O) groups excluding carboxylic acids is 2. The summed E-state index contributed by atoms with van der Waals surface area (Å²) in [7, 11) is 0. The molecule has 2 aliphatic heterocycles. The maximum absolute atomic E-state index is 13.8. The van der Waals surface area contributed by atoms with Crippen LogP contribution in [0.15, 0.2) is 34.9 Å². The summed E-state index contributed by atoms with van der Waals surface area (Å²) in [5, 5.41) is 7.96. The van der Waals surface area contributed by atoms with Gasteiger partial charge in [0, 0.05) is 18.8 Å². The van der Waals surface area contributed by atoms with Crippen molar-refractivity contribution in [2.24, 2.45) is 5.41 Å². The van der Waals surface area contributed by atoms with Gasteiger partial charge in [0.15, 0.2) is 0 Å². The molecule has 1 N–H and O–H groups in total. The highest BCUT2D eigenvalue weighted by atomic mass is 16.5. The third-order valence-electron chi connectivity index (χ3n) is 8.14. The molecule has 38 heavy (non-hydrogen) atoms. The molecule has 202 valence electrons. The molecule has 2 amide bonds. The Morgan fingerprint density at radius 1 is 1.16 bits per heavy atom. The highest BCUT2D eigenvalue weighted by Gasteiger charge is 2.42. The monoisotopic (exact) mass is 518 g/mol. The molecule has 1 aromatic carbocycles. The third-order valence-corrected chi connectivity index (χ3v) is 8.14. The normalized spacial score (nSPS) is 20.4. The Kier molecular flexibility index (Phi) is 7.41. The van der Waals surface area contributed by atoms with Crippen LogP contribution >= 0.6 is 0 Å². The fourth-order valence-corrected chi connectivity index (χ4v) is 5.74. The lowest BCUT2D eigenvalue weighted by Crippen LogP contribution is -2.52. The van der Waals surface area contributed by atoms with E-state index < -0.39 is 5.41 Å². The number of benzene rings is 1. The molecule has 1 spiro atoms. The van der Waals surface area contributed by atoms with Crippen molar-refractivity contribution in [3.05, 3.63) is 52.8 Å². The van der Waals surface area contributed by atoms with E-state index in [2.05, 4.69) is 27.6 Å². The highest BCUT2D eigenvalue weighted by Crippen LogP contribution is 2.39. The van der Waals surface area contributed by atoms with Crippen LogP contribution < -0.4 is 10.1 Å². The molecule has 2 aromatic heterocycles. The second-order valence-corrected chi connectivity index (χ2v) is 11.3. The summed E-state index contributed by atoms with van der Waals surface area (Å²) in [5.74, 6) is 1.09. The second kappa shape index (κ2) is 10.8. The van der Waals surface area contributed by atoms with E-state index in [1.54, 1.807) is 0 Å². The van der Waals surface area contributed by atoms with Crippen molar-refractivity contribution < 1.29 is 18.8 Å². The molecule has 1 fully saturated rings. The number of hydrogen-bond acceptors (Lipinski definition) is 6. The van der Waals surface area contributed by atoms with Crippen LogP contribution in [-0.2, 0) is 11.2 Å². The van der Waals surface area contributed by atoms with Crippen molar-refractivity contribution in [2.75, 3.05) is 19.7 Å². The molecule has 8 heteroatoms. The molecule has 0 aliphatic carbocycles. The minimum absolute atomic E-state index is 0.0487. The van der Waals surface area contributed by atoms with E-state index in [-0.39, 0.29) is 23.8 Å². The summed E-state index contributed by atoms with van der Waals surface area (Å²) in [5.41, 5.74) is 3.20. The molecule has 0 saturated carbocycles. The summed E-state index contributed by atoms with van der Waals surface area (Å²) in [6.07, 6.45) is 4.98. The molecule has 0 unspecified atom stereocenters. The molecule has 8 nitrogen and oxygen atoms in total. The maximum Gasteiger partial charge on any atom is 0.259 e. The molecular formula is C30H38N4O4. The molecule has 0 bridgehead atoms. The van der Waals surface area contributed by atoms with E-state index in [4.69, 9.17) is 9.26 Å². The Balaban J connectivity index is 1.34. The molecule has 2 aliphatic rings. The van der Waals surface area contributed by atoms with Crippen LogP contribution in [0.5, 0.6) is 5.75 Å². The Hall–Kier alpha value is -3.42. The van der Waals surface area contributed by atoms with Gasteiger partial charge in [-0.3, -0.25) is 9.59 Å². The molecular weight excluding hydrogens is 480 g/mol. The molecule has 5 rings (SSSR count). The van der Waals surface area contributed by atoms with Crippen molar-refractivity contribution in [2.45, 2.75) is 78.2 Å².